The number of hydrogen-bond acceptors (Lipinski definition) is 2. The molecule has 0 aromatic heterocycles. The van der Waals surface area contributed by atoms with Gasteiger partial charge in [0.2, 0.25) is 0 Å². The predicted molar refractivity (Wildman–Crippen MR) is 79.6 cm³/mol. The van der Waals surface area contributed by atoms with Crippen molar-refractivity contribution in [3.8, 4) is 0 Å². The molecule has 1 amide bonds. The molecular formula is C15H17BrFNO3. The van der Waals surface area contributed by atoms with Crippen molar-refractivity contribution in [1.29, 1.82) is 0 Å². The first-order chi connectivity index (χ1) is 9.97. The van der Waals surface area contributed by atoms with Crippen molar-refractivity contribution in [3.05, 3.63) is 34.1 Å². The highest BCUT2D eigenvalue weighted by atomic mass is 79.9. The van der Waals surface area contributed by atoms with Crippen LogP contribution in [-0.4, -0.2) is 35.0 Å². The minimum atomic E-state index is -0.773. The third kappa shape index (κ3) is 4.27. The van der Waals surface area contributed by atoms with E-state index in [4.69, 9.17) is 5.11 Å². The van der Waals surface area contributed by atoms with E-state index in [0.29, 0.717) is 31.0 Å². The molecule has 1 aromatic rings. The molecule has 1 saturated heterocycles. The first kappa shape index (κ1) is 15.9. The number of rotatable bonds is 4. The fraction of sp³-hybridized carbons (Fsp3) is 0.467. The maximum atomic E-state index is 13.2. The second kappa shape index (κ2) is 7.02. The fourth-order valence-corrected chi connectivity index (χ4v) is 2.94. The van der Waals surface area contributed by atoms with Crippen molar-refractivity contribution in [2.24, 2.45) is 5.92 Å². The van der Waals surface area contributed by atoms with E-state index < -0.39 is 5.97 Å². The quantitative estimate of drug-likeness (QED) is 0.899. The zero-order valence-corrected chi connectivity index (χ0v) is 13.1. The van der Waals surface area contributed by atoms with Crippen molar-refractivity contribution < 1.29 is 19.1 Å². The second-order valence-electron chi connectivity index (χ2n) is 5.30. The van der Waals surface area contributed by atoms with Gasteiger partial charge < -0.3 is 10.0 Å². The normalized spacial score (nSPS) is 16.0. The van der Waals surface area contributed by atoms with E-state index in [1.807, 2.05) is 0 Å². The molecule has 1 aliphatic rings. The zero-order chi connectivity index (χ0) is 15.4. The number of piperidine rings is 1. The highest BCUT2D eigenvalue weighted by molar-refractivity contribution is 9.10. The molecule has 1 N–H and O–H groups in total. The van der Waals surface area contributed by atoms with Gasteiger partial charge in [-0.3, -0.25) is 9.59 Å². The minimum absolute atomic E-state index is 0.104. The molecule has 4 nitrogen and oxygen atoms in total. The lowest BCUT2D eigenvalue weighted by Gasteiger charge is -2.32. The van der Waals surface area contributed by atoms with Crippen LogP contribution < -0.4 is 0 Å². The van der Waals surface area contributed by atoms with Gasteiger partial charge in [0.05, 0.1) is 4.47 Å². The standard InChI is InChI=1S/C15H17BrFNO3/c16-12-9-11(2-3-13(12)17)15(21)18-7-5-10(6-8-18)1-4-14(19)20/h2-3,9-10H,1,4-8H2,(H,19,20). The maximum Gasteiger partial charge on any atom is 0.303 e. The first-order valence-corrected chi connectivity index (χ1v) is 7.73. The van der Waals surface area contributed by atoms with Gasteiger partial charge in [-0.05, 0) is 59.3 Å². The number of halogens is 2. The highest BCUT2D eigenvalue weighted by Gasteiger charge is 2.24. The average molecular weight is 358 g/mol. The Hall–Kier alpha value is -1.43. The van der Waals surface area contributed by atoms with Crippen LogP contribution in [0.5, 0.6) is 0 Å². The molecule has 1 aliphatic heterocycles. The van der Waals surface area contributed by atoms with E-state index in [1.54, 1.807) is 4.90 Å². The van der Waals surface area contributed by atoms with Crippen molar-refractivity contribution in [1.82, 2.24) is 4.90 Å². The first-order valence-electron chi connectivity index (χ1n) is 6.93. The monoisotopic (exact) mass is 357 g/mol. The Morgan fingerprint density at radius 1 is 1.33 bits per heavy atom. The summed E-state index contributed by atoms with van der Waals surface area (Å²) >= 11 is 3.08. The van der Waals surface area contributed by atoms with E-state index in [-0.39, 0.29) is 22.6 Å². The second-order valence-corrected chi connectivity index (χ2v) is 6.15. The molecule has 0 aliphatic carbocycles. The Morgan fingerprint density at radius 2 is 2.00 bits per heavy atom. The number of nitrogens with zero attached hydrogens (tertiary/aromatic N) is 1. The summed E-state index contributed by atoms with van der Waals surface area (Å²) in [5.74, 6) is -0.902. The summed E-state index contributed by atoms with van der Waals surface area (Å²) in [6.45, 7) is 1.25. The summed E-state index contributed by atoms with van der Waals surface area (Å²) in [4.78, 5) is 24.6. The summed E-state index contributed by atoms with van der Waals surface area (Å²) in [5.41, 5.74) is 0.465. The Morgan fingerprint density at radius 3 is 2.57 bits per heavy atom. The third-order valence-electron chi connectivity index (χ3n) is 3.83. The van der Waals surface area contributed by atoms with Crippen LogP contribution in [0.15, 0.2) is 22.7 Å². The summed E-state index contributed by atoms with van der Waals surface area (Å²) in [6.07, 6.45) is 2.49. The van der Waals surface area contributed by atoms with Gasteiger partial charge in [0.15, 0.2) is 0 Å². The van der Waals surface area contributed by atoms with Crippen LogP contribution in [0.4, 0.5) is 4.39 Å². The molecule has 1 fully saturated rings. The van der Waals surface area contributed by atoms with Gasteiger partial charge in [0.25, 0.3) is 5.91 Å². The largest absolute Gasteiger partial charge is 0.481 e. The molecule has 0 spiro atoms. The van der Waals surface area contributed by atoms with Gasteiger partial charge in [-0.15, -0.1) is 0 Å². The molecule has 21 heavy (non-hydrogen) atoms. The number of likely N-dealkylation sites (tertiary alicyclic amines) is 1. The molecule has 0 radical (unpaired) electrons. The Labute approximate surface area is 131 Å². The molecule has 1 aromatic carbocycles. The molecule has 2 rings (SSSR count). The lowest BCUT2D eigenvalue weighted by molar-refractivity contribution is -0.137. The number of amides is 1. The fourth-order valence-electron chi connectivity index (χ4n) is 2.56. The number of hydrogen-bond donors (Lipinski definition) is 1. The molecule has 0 bridgehead atoms. The number of carboxylic acids is 1. The van der Waals surface area contributed by atoms with E-state index in [9.17, 15) is 14.0 Å². The van der Waals surface area contributed by atoms with E-state index >= 15 is 0 Å². The van der Waals surface area contributed by atoms with Gasteiger partial charge in [-0.1, -0.05) is 0 Å². The lowest BCUT2D eigenvalue weighted by Crippen LogP contribution is -2.38. The van der Waals surface area contributed by atoms with E-state index in [0.717, 1.165) is 12.8 Å². The Balaban J connectivity index is 1.90. The van der Waals surface area contributed by atoms with Crippen molar-refractivity contribution in [2.75, 3.05) is 13.1 Å². The van der Waals surface area contributed by atoms with Crippen molar-refractivity contribution in [2.45, 2.75) is 25.7 Å². The average Bonchev–Trinajstić information content (AvgIpc) is 2.48. The van der Waals surface area contributed by atoms with Crippen LogP contribution in [0, 0.1) is 11.7 Å². The molecule has 0 atom stereocenters. The van der Waals surface area contributed by atoms with Gasteiger partial charge in [0.1, 0.15) is 5.82 Å². The number of carboxylic acid groups (broad SMARTS) is 1. The molecule has 1 heterocycles. The van der Waals surface area contributed by atoms with Crippen LogP contribution in [0.2, 0.25) is 0 Å². The predicted octanol–water partition coefficient (Wildman–Crippen LogP) is 3.31. The van der Waals surface area contributed by atoms with Gasteiger partial charge in [-0.25, -0.2) is 4.39 Å². The third-order valence-corrected chi connectivity index (χ3v) is 4.44. The van der Waals surface area contributed by atoms with E-state index in [2.05, 4.69) is 15.9 Å². The smallest absolute Gasteiger partial charge is 0.303 e. The number of benzene rings is 1. The number of carbonyl (C=O) groups is 2. The van der Waals surface area contributed by atoms with Crippen LogP contribution in [0.1, 0.15) is 36.0 Å². The lowest BCUT2D eigenvalue weighted by atomic mass is 9.92. The van der Waals surface area contributed by atoms with E-state index in [1.165, 1.54) is 18.2 Å². The minimum Gasteiger partial charge on any atom is -0.481 e. The highest BCUT2D eigenvalue weighted by Crippen LogP contribution is 2.24. The topological polar surface area (TPSA) is 57.6 Å². The Kier molecular flexibility index (Phi) is 5.33. The van der Waals surface area contributed by atoms with Crippen LogP contribution >= 0.6 is 15.9 Å². The Bertz CT molecular complexity index is 542. The van der Waals surface area contributed by atoms with Crippen molar-refractivity contribution >= 4 is 27.8 Å². The SMILES string of the molecule is O=C(O)CCC1CCN(C(=O)c2ccc(F)c(Br)c2)CC1. The maximum absolute atomic E-state index is 13.2. The van der Waals surface area contributed by atoms with Crippen LogP contribution in [0.3, 0.4) is 0 Å². The summed E-state index contributed by atoms with van der Waals surface area (Å²) in [5, 5.41) is 8.68. The summed E-state index contributed by atoms with van der Waals surface area (Å²) in [7, 11) is 0. The summed E-state index contributed by atoms with van der Waals surface area (Å²) in [6, 6.07) is 4.25. The molecule has 114 valence electrons. The van der Waals surface area contributed by atoms with Gasteiger partial charge in [-0.2, -0.15) is 0 Å². The van der Waals surface area contributed by atoms with Gasteiger partial charge in [0, 0.05) is 25.1 Å². The molecule has 0 unspecified atom stereocenters. The van der Waals surface area contributed by atoms with Gasteiger partial charge >= 0.3 is 5.97 Å². The van der Waals surface area contributed by atoms with Crippen LogP contribution in [-0.2, 0) is 4.79 Å². The number of aliphatic carboxylic acids is 1. The molecule has 0 saturated carbocycles. The number of carbonyl (C=O) groups excluding carboxylic acids is 1. The van der Waals surface area contributed by atoms with Crippen molar-refractivity contribution in [3.63, 3.8) is 0 Å². The molecule has 6 heteroatoms. The summed E-state index contributed by atoms with van der Waals surface area (Å²) < 4.78 is 13.5. The van der Waals surface area contributed by atoms with Crippen LogP contribution in [0.25, 0.3) is 0 Å². The zero-order valence-electron chi connectivity index (χ0n) is 11.5. The molecular weight excluding hydrogens is 341 g/mol.